The molecular formula is C21H26N4O4S. The van der Waals surface area contributed by atoms with Gasteiger partial charge in [-0.2, -0.15) is 5.10 Å². The molecule has 0 aliphatic heterocycles. The summed E-state index contributed by atoms with van der Waals surface area (Å²) in [6, 6.07) is 9.63. The summed E-state index contributed by atoms with van der Waals surface area (Å²) in [5.41, 5.74) is 0.832. The van der Waals surface area contributed by atoms with Crippen LogP contribution in [0.3, 0.4) is 0 Å². The zero-order valence-corrected chi connectivity index (χ0v) is 17.9. The van der Waals surface area contributed by atoms with Gasteiger partial charge < -0.3 is 14.6 Å². The van der Waals surface area contributed by atoms with Crippen molar-refractivity contribution in [1.29, 1.82) is 0 Å². The maximum Gasteiger partial charge on any atom is 0.291 e. The van der Waals surface area contributed by atoms with Crippen LogP contribution >= 0.6 is 0 Å². The maximum atomic E-state index is 12.6. The number of carbonyl (C=O) groups is 1. The van der Waals surface area contributed by atoms with Crippen molar-refractivity contribution in [3.8, 4) is 0 Å². The Balaban J connectivity index is 1.66. The fraction of sp³-hybridized carbons (Fsp3) is 0.333. The molecule has 9 heteroatoms. The van der Waals surface area contributed by atoms with Crippen molar-refractivity contribution in [2.45, 2.75) is 31.0 Å². The van der Waals surface area contributed by atoms with Gasteiger partial charge in [0.1, 0.15) is 0 Å². The normalized spacial score (nSPS) is 11.7. The van der Waals surface area contributed by atoms with E-state index in [0.29, 0.717) is 17.8 Å². The lowest BCUT2D eigenvalue weighted by Gasteiger charge is -2.17. The second-order valence-corrected chi connectivity index (χ2v) is 8.81. The summed E-state index contributed by atoms with van der Waals surface area (Å²) in [6.07, 6.45) is 4.62. The van der Waals surface area contributed by atoms with Crippen molar-refractivity contribution < 1.29 is 17.6 Å². The molecular weight excluding hydrogens is 404 g/mol. The van der Waals surface area contributed by atoms with E-state index in [1.54, 1.807) is 35.3 Å². The smallest absolute Gasteiger partial charge is 0.291 e. The first-order chi connectivity index (χ1) is 14.4. The van der Waals surface area contributed by atoms with Crippen molar-refractivity contribution in [2.24, 2.45) is 0 Å². The predicted octanol–water partition coefficient (Wildman–Crippen LogP) is 3.04. The second-order valence-electron chi connectivity index (χ2n) is 6.82. The average molecular weight is 431 g/mol. The van der Waals surface area contributed by atoms with E-state index in [1.807, 2.05) is 0 Å². The van der Waals surface area contributed by atoms with Gasteiger partial charge in [0.25, 0.3) is 5.91 Å². The van der Waals surface area contributed by atoms with Crippen LogP contribution < -0.4 is 5.32 Å². The van der Waals surface area contributed by atoms with E-state index < -0.39 is 15.7 Å². The monoisotopic (exact) mass is 430 g/mol. The van der Waals surface area contributed by atoms with Crippen molar-refractivity contribution >= 4 is 21.4 Å². The van der Waals surface area contributed by atoms with Crippen LogP contribution in [-0.2, 0) is 22.1 Å². The molecule has 0 aliphatic carbocycles. The number of furan rings is 1. The molecule has 0 bridgehead atoms. The van der Waals surface area contributed by atoms with Crippen molar-refractivity contribution in [2.75, 3.05) is 25.0 Å². The zero-order chi connectivity index (χ0) is 21.6. The fourth-order valence-electron chi connectivity index (χ4n) is 3.09. The Morgan fingerprint density at radius 3 is 2.60 bits per heavy atom. The minimum Gasteiger partial charge on any atom is -0.459 e. The number of hydrogen-bond acceptors (Lipinski definition) is 6. The number of hydrogen-bond donors (Lipinski definition) is 1. The highest BCUT2D eigenvalue weighted by molar-refractivity contribution is 7.90. The molecule has 0 radical (unpaired) electrons. The van der Waals surface area contributed by atoms with E-state index in [4.69, 9.17) is 4.42 Å². The molecule has 2 aromatic heterocycles. The van der Waals surface area contributed by atoms with Crippen LogP contribution in [0.2, 0.25) is 0 Å². The first-order valence-corrected chi connectivity index (χ1v) is 11.5. The van der Waals surface area contributed by atoms with Crippen LogP contribution in [0, 0.1) is 0 Å². The van der Waals surface area contributed by atoms with E-state index in [1.165, 1.54) is 24.5 Å². The third-order valence-electron chi connectivity index (χ3n) is 4.83. The van der Waals surface area contributed by atoms with Crippen molar-refractivity contribution in [3.05, 3.63) is 66.4 Å². The van der Waals surface area contributed by atoms with Crippen LogP contribution in [-0.4, -0.2) is 48.6 Å². The highest BCUT2D eigenvalue weighted by atomic mass is 32.2. The molecule has 0 spiro atoms. The van der Waals surface area contributed by atoms with Gasteiger partial charge >= 0.3 is 0 Å². The SMILES string of the molecule is CCN(CC)CCn1cc(NC(=O)c2occc2CS(=O)(=O)c2ccccc2)cn1. The van der Waals surface area contributed by atoms with Crippen LogP contribution in [0.1, 0.15) is 30.0 Å². The lowest BCUT2D eigenvalue weighted by atomic mass is 10.2. The minimum absolute atomic E-state index is 0.0228. The molecule has 1 aromatic carbocycles. The maximum absolute atomic E-state index is 12.6. The molecule has 1 amide bonds. The number of likely N-dealkylation sites (N-methyl/N-ethyl adjacent to an activating group) is 1. The van der Waals surface area contributed by atoms with Gasteiger partial charge in [0, 0.05) is 18.3 Å². The van der Waals surface area contributed by atoms with Crippen LogP contribution in [0.5, 0.6) is 0 Å². The van der Waals surface area contributed by atoms with Gasteiger partial charge in [-0.15, -0.1) is 0 Å². The predicted molar refractivity (Wildman–Crippen MR) is 114 cm³/mol. The third kappa shape index (κ3) is 5.37. The lowest BCUT2D eigenvalue weighted by molar-refractivity contribution is 0.0995. The van der Waals surface area contributed by atoms with Gasteiger partial charge in [0.15, 0.2) is 15.6 Å². The van der Waals surface area contributed by atoms with Crippen molar-refractivity contribution in [3.63, 3.8) is 0 Å². The van der Waals surface area contributed by atoms with Gasteiger partial charge in [-0.05, 0) is 31.3 Å². The Hall–Kier alpha value is -2.91. The van der Waals surface area contributed by atoms with E-state index in [9.17, 15) is 13.2 Å². The van der Waals surface area contributed by atoms with E-state index in [-0.39, 0.29) is 16.4 Å². The highest BCUT2D eigenvalue weighted by Gasteiger charge is 2.22. The van der Waals surface area contributed by atoms with Gasteiger partial charge in [0.05, 0.1) is 35.3 Å². The first-order valence-electron chi connectivity index (χ1n) is 9.83. The minimum atomic E-state index is -3.59. The number of nitrogens with one attached hydrogen (secondary N) is 1. The summed E-state index contributed by atoms with van der Waals surface area (Å²) in [4.78, 5) is 15.1. The Bertz CT molecular complexity index is 1070. The molecule has 0 saturated heterocycles. The third-order valence-corrected chi connectivity index (χ3v) is 6.51. The number of amides is 1. The summed E-state index contributed by atoms with van der Waals surface area (Å²) in [6.45, 7) is 7.72. The Morgan fingerprint density at radius 2 is 1.90 bits per heavy atom. The largest absolute Gasteiger partial charge is 0.459 e. The zero-order valence-electron chi connectivity index (χ0n) is 17.1. The Kier molecular flexibility index (Phi) is 7.07. The molecule has 0 aliphatic rings. The number of sulfone groups is 1. The summed E-state index contributed by atoms with van der Waals surface area (Å²) >= 11 is 0. The molecule has 0 fully saturated rings. The summed E-state index contributed by atoms with van der Waals surface area (Å²) < 4.78 is 32.3. The summed E-state index contributed by atoms with van der Waals surface area (Å²) in [7, 11) is -3.59. The quantitative estimate of drug-likeness (QED) is 0.531. The van der Waals surface area contributed by atoms with Gasteiger partial charge in [-0.3, -0.25) is 9.48 Å². The molecule has 0 saturated carbocycles. The molecule has 3 aromatic rings. The molecule has 30 heavy (non-hydrogen) atoms. The van der Waals surface area contributed by atoms with Crippen LogP contribution in [0.15, 0.2) is 64.4 Å². The standard InChI is InChI=1S/C21H26N4O4S/c1-3-24(4-2)11-12-25-15-18(14-22-25)23-21(26)20-17(10-13-29-20)16-30(27,28)19-8-6-5-7-9-19/h5-10,13-15H,3-4,11-12,16H2,1-2H3,(H,23,26). The topological polar surface area (TPSA) is 97.4 Å². The number of benzene rings is 1. The van der Waals surface area contributed by atoms with E-state index >= 15 is 0 Å². The number of carbonyl (C=O) groups excluding carboxylic acids is 1. The molecule has 1 N–H and O–H groups in total. The second kappa shape index (κ2) is 9.73. The molecule has 3 rings (SSSR count). The Labute approximate surface area is 176 Å². The van der Waals surface area contributed by atoms with Crippen LogP contribution in [0.4, 0.5) is 5.69 Å². The summed E-state index contributed by atoms with van der Waals surface area (Å²) in [5, 5.41) is 6.98. The Morgan fingerprint density at radius 1 is 1.17 bits per heavy atom. The highest BCUT2D eigenvalue weighted by Crippen LogP contribution is 2.21. The molecule has 0 unspecified atom stereocenters. The fourth-order valence-corrected chi connectivity index (χ4v) is 4.46. The van der Waals surface area contributed by atoms with Gasteiger partial charge in [-0.1, -0.05) is 32.0 Å². The lowest BCUT2D eigenvalue weighted by Crippen LogP contribution is -2.27. The first kappa shape index (κ1) is 21.8. The van der Waals surface area contributed by atoms with E-state index in [2.05, 4.69) is 29.2 Å². The molecule has 8 nitrogen and oxygen atoms in total. The molecule has 2 heterocycles. The van der Waals surface area contributed by atoms with E-state index in [0.717, 1.165) is 19.6 Å². The molecule has 160 valence electrons. The van der Waals surface area contributed by atoms with Gasteiger partial charge in [-0.25, -0.2) is 8.42 Å². The number of anilines is 1. The molecule has 0 atom stereocenters. The number of rotatable bonds is 10. The number of aromatic nitrogens is 2. The van der Waals surface area contributed by atoms with Crippen molar-refractivity contribution in [1.82, 2.24) is 14.7 Å². The number of nitrogens with zero attached hydrogens (tertiary/aromatic N) is 3. The van der Waals surface area contributed by atoms with Crippen LogP contribution in [0.25, 0.3) is 0 Å². The average Bonchev–Trinajstić information content (AvgIpc) is 3.38. The summed E-state index contributed by atoms with van der Waals surface area (Å²) in [5.74, 6) is -0.855. The van der Waals surface area contributed by atoms with Gasteiger partial charge in [0.2, 0.25) is 0 Å².